The molecule has 8 heteroatoms. The molecule has 0 aliphatic carbocycles. The van der Waals surface area contributed by atoms with Crippen LogP contribution in [0.3, 0.4) is 0 Å². The fourth-order valence-corrected chi connectivity index (χ4v) is 0.990. The fourth-order valence-electron chi connectivity index (χ4n) is 0.618. The lowest BCUT2D eigenvalue weighted by Gasteiger charge is -2.22. The van der Waals surface area contributed by atoms with Gasteiger partial charge in [0.25, 0.3) is 0 Å². The van der Waals surface area contributed by atoms with Gasteiger partial charge in [-0.05, 0) is 20.8 Å². The summed E-state index contributed by atoms with van der Waals surface area (Å²) in [5.74, 6) is -1.03. The third-order valence-corrected chi connectivity index (χ3v) is 1.64. The summed E-state index contributed by atoms with van der Waals surface area (Å²) in [7, 11) is -4.35. The van der Waals surface area contributed by atoms with Gasteiger partial charge in [-0.2, -0.15) is 5.48 Å². The van der Waals surface area contributed by atoms with Crippen molar-refractivity contribution in [3.63, 3.8) is 0 Å². The maximum absolute atomic E-state index is 11.3. The van der Waals surface area contributed by atoms with Crippen LogP contribution in [0.4, 0.5) is 0 Å². The molecule has 2 atom stereocenters. The number of carbonyl (C=O) groups excluding carboxylic acids is 1. The minimum Gasteiger partial charge on any atom is -0.379 e. The van der Waals surface area contributed by atoms with Gasteiger partial charge in [-0.1, -0.05) is 6.08 Å². The van der Waals surface area contributed by atoms with Gasteiger partial charge in [-0.25, -0.2) is 14.9 Å². The van der Waals surface area contributed by atoms with Crippen LogP contribution in [0, 0.1) is 0 Å². The maximum Gasteiger partial charge on any atom is 0.455 e. The molecule has 16 heavy (non-hydrogen) atoms. The molecule has 0 heterocycles. The molecule has 0 aliphatic heterocycles. The Bertz CT molecular complexity index is 306. The van der Waals surface area contributed by atoms with Gasteiger partial charge < -0.3 is 9.42 Å². The lowest BCUT2D eigenvalue weighted by atomic mass is 10.2. The highest BCUT2D eigenvalue weighted by molar-refractivity contribution is 7.50. The summed E-state index contributed by atoms with van der Waals surface area (Å²) in [6.45, 7) is 8.62. The number of hydrogen-bond donors (Lipinski definition) is 3. The molecule has 0 saturated carbocycles. The summed E-state index contributed by atoms with van der Waals surface area (Å²) in [5.41, 5.74) is 6.49. The van der Waals surface area contributed by atoms with E-state index in [0.717, 1.165) is 0 Å². The minimum atomic E-state index is -4.35. The molecule has 0 amide bonds. The Kier molecular flexibility index (Phi) is 5.31. The SMILES string of the molecule is C=C[C@H](NOC(C)(C)C)C(=O)OP(N)(=O)O. The van der Waals surface area contributed by atoms with E-state index >= 15 is 0 Å². The van der Waals surface area contributed by atoms with E-state index in [1.54, 1.807) is 20.8 Å². The molecule has 0 rings (SSSR count). The van der Waals surface area contributed by atoms with Crippen molar-refractivity contribution in [1.29, 1.82) is 0 Å². The lowest BCUT2D eigenvalue weighted by Crippen LogP contribution is -2.41. The van der Waals surface area contributed by atoms with Gasteiger partial charge in [0.05, 0.1) is 5.60 Å². The second kappa shape index (κ2) is 5.56. The number of nitrogens with one attached hydrogen (secondary N) is 1. The van der Waals surface area contributed by atoms with Crippen LogP contribution in [0.2, 0.25) is 0 Å². The molecule has 0 aromatic heterocycles. The Morgan fingerprint density at radius 2 is 2.12 bits per heavy atom. The van der Waals surface area contributed by atoms with E-state index in [9.17, 15) is 9.36 Å². The molecule has 0 aromatic carbocycles. The van der Waals surface area contributed by atoms with Crippen molar-refractivity contribution >= 4 is 13.7 Å². The smallest absolute Gasteiger partial charge is 0.379 e. The van der Waals surface area contributed by atoms with E-state index < -0.39 is 25.4 Å². The molecule has 0 spiro atoms. The van der Waals surface area contributed by atoms with Crippen LogP contribution >= 0.6 is 7.75 Å². The zero-order valence-corrected chi connectivity index (χ0v) is 10.4. The van der Waals surface area contributed by atoms with Gasteiger partial charge in [-0.15, -0.1) is 6.58 Å². The highest BCUT2D eigenvalue weighted by Crippen LogP contribution is 2.31. The van der Waals surface area contributed by atoms with Crippen LogP contribution in [-0.4, -0.2) is 22.5 Å². The van der Waals surface area contributed by atoms with E-state index in [2.05, 4.69) is 22.1 Å². The van der Waals surface area contributed by atoms with Gasteiger partial charge in [0, 0.05) is 0 Å². The van der Waals surface area contributed by atoms with Crippen molar-refractivity contribution in [2.75, 3.05) is 0 Å². The number of rotatable bonds is 5. The van der Waals surface area contributed by atoms with Crippen LogP contribution in [-0.2, 0) is 18.7 Å². The van der Waals surface area contributed by atoms with Crippen molar-refractivity contribution in [3.05, 3.63) is 12.7 Å². The number of hydroxylamine groups is 1. The number of hydrogen-bond acceptors (Lipinski definition) is 5. The Morgan fingerprint density at radius 1 is 1.62 bits per heavy atom. The molecular formula is C8H17N2O5P. The molecule has 0 aromatic rings. The largest absolute Gasteiger partial charge is 0.455 e. The van der Waals surface area contributed by atoms with Gasteiger partial charge in [-0.3, -0.25) is 4.84 Å². The van der Waals surface area contributed by atoms with Crippen molar-refractivity contribution in [3.8, 4) is 0 Å². The van der Waals surface area contributed by atoms with Gasteiger partial charge in [0.1, 0.15) is 6.04 Å². The molecule has 0 bridgehead atoms. The zero-order chi connectivity index (χ0) is 13.0. The van der Waals surface area contributed by atoms with Gasteiger partial charge in [0.15, 0.2) is 0 Å². The van der Waals surface area contributed by atoms with Gasteiger partial charge >= 0.3 is 13.7 Å². The predicted molar refractivity (Wildman–Crippen MR) is 58.1 cm³/mol. The van der Waals surface area contributed by atoms with Crippen molar-refractivity contribution in [2.45, 2.75) is 32.4 Å². The molecule has 0 saturated heterocycles. The van der Waals surface area contributed by atoms with Crippen molar-refractivity contribution in [1.82, 2.24) is 5.48 Å². The first kappa shape index (κ1) is 15.3. The summed E-state index contributed by atoms with van der Waals surface area (Å²) in [6.07, 6.45) is 1.17. The average Bonchev–Trinajstić information content (AvgIpc) is 1.99. The third kappa shape index (κ3) is 7.56. The standard InChI is InChI=1S/C8H17N2O5P/c1-5-6(10-15-8(2,3)4)7(11)14-16(9,12)13/h5-6,10H,1H2,2-4H3,(H3,9,12,13)/t6-/m0/s1. The predicted octanol–water partition coefficient (Wildman–Crippen LogP) is 0.463. The molecule has 4 N–H and O–H groups in total. The van der Waals surface area contributed by atoms with Crippen LogP contribution in [0.5, 0.6) is 0 Å². The van der Waals surface area contributed by atoms with E-state index in [-0.39, 0.29) is 0 Å². The first-order valence-electron chi connectivity index (χ1n) is 4.46. The summed E-state index contributed by atoms with van der Waals surface area (Å²) in [6, 6.07) is -1.07. The highest BCUT2D eigenvalue weighted by atomic mass is 31.2. The van der Waals surface area contributed by atoms with Gasteiger partial charge in [0.2, 0.25) is 0 Å². The Balaban J connectivity index is 4.35. The van der Waals surface area contributed by atoms with Crippen LogP contribution in [0.25, 0.3) is 0 Å². The molecule has 0 aliphatic rings. The van der Waals surface area contributed by atoms with E-state index in [4.69, 9.17) is 9.73 Å². The summed E-state index contributed by atoms with van der Waals surface area (Å²) in [5, 5.41) is 0. The summed E-state index contributed by atoms with van der Waals surface area (Å²) < 4.78 is 14.7. The zero-order valence-electron chi connectivity index (χ0n) is 9.47. The van der Waals surface area contributed by atoms with Crippen LogP contribution in [0.1, 0.15) is 20.8 Å². The summed E-state index contributed by atoms with van der Waals surface area (Å²) >= 11 is 0. The van der Waals surface area contributed by atoms with Crippen molar-refractivity contribution < 1.29 is 23.6 Å². The molecular weight excluding hydrogens is 235 g/mol. The molecule has 1 unspecified atom stereocenters. The Labute approximate surface area is 94.2 Å². The second-order valence-electron chi connectivity index (χ2n) is 4.02. The lowest BCUT2D eigenvalue weighted by molar-refractivity contribution is -0.145. The number of carbonyl (C=O) groups is 1. The first-order valence-corrected chi connectivity index (χ1v) is 6.11. The third-order valence-electron chi connectivity index (χ3n) is 1.20. The monoisotopic (exact) mass is 252 g/mol. The Morgan fingerprint density at radius 3 is 2.44 bits per heavy atom. The highest BCUT2D eigenvalue weighted by Gasteiger charge is 2.25. The van der Waals surface area contributed by atoms with E-state index in [1.165, 1.54) is 6.08 Å². The molecule has 0 fully saturated rings. The maximum atomic E-state index is 11.3. The normalized spacial score (nSPS) is 17.3. The van der Waals surface area contributed by atoms with E-state index in [0.29, 0.717) is 0 Å². The van der Waals surface area contributed by atoms with Crippen LogP contribution < -0.4 is 11.0 Å². The molecule has 94 valence electrons. The molecule has 7 nitrogen and oxygen atoms in total. The first-order chi connectivity index (χ1) is 7.05. The second-order valence-corrected chi connectivity index (χ2v) is 5.33. The molecule has 0 radical (unpaired) electrons. The topological polar surface area (TPSA) is 111 Å². The fraction of sp³-hybridized carbons (Fsp3) is 0.625. The average molecular weight is 252 g/mol. The quantitative estimate of drug-likeness (QED) is 0.370. The number of nitrogens with two attached hydrogens (primary N) is 1. The van der Waals surface area contributed by atoms with Crippen molar-refractivity contribution in [2.24, 2.45) is 5.50 Å². The Hall–Kier alpha value is -0.720. The van der Waals surface area contributed by atoms with E-state index in [1.807, 2.05) is 0 Å². The summed E-state index contributed by atoms with van der Waals surface area (Å²) in [4.78, 5) is 25.0. The minimum absolute atomic E-state index is 0.535. The van der Waals surface area contributed by atoms with Crippen LogP contribution in [0.15, 0.2) is 12.7 Å².